The van der Waals surface area contributed by atoms with E-state index in [-0.39, 0.29) is 0 Å². The lowest BCUT2D eigenvalue weighted by Crippen LogP contribution is -2.30. The number of nitrogens with zero attached hydrogens (tertiary/aromatic N) is 3. The summed E-state index contributed by atoms with van der Waals surface area (Å²) >= 11 is 6.32. The van der Waals surface area contributed by atoms with Crippen LogP contribution >= 0.6 is 11.6 Å². The molecule has 1 heterocycles. The number of ether oxygens (including phenoxy) is 1. The van der Waals surface area contributed by atoms with Gasteiger partial charge < -0.3 is 15.0 Å². The molecule has 0 unspecified atom stereocenters. The molecule has 0 bridgehead atoms. The van der Waals surface area contributed by atoms with Gasteiger partial charge in [-0.1, -0.05) is 17.7 Å². The Hall–Kier alpha value is -2.58. The van der Waals surface area contributed by atoms with Crippen molar-refractivity contribution in [1.29, 1.82) is 0 Å². The molecule has 3 aromatic rings. The molecule has 0 saturated carbocycles. The zero-order chi connectivity index (χ0) is 20.6. The minimum Gasteiger partial charge on any atom is -0.474 e. The maximum absolute atomic E-state index is 14.0. The standard InChI is InChI=1S/C19H18ClF3N4O/c1-19(2,28-16-14(22)7-11(21)8-15(16)23)18-26-25-17(27(18)3)12-5-4-10(9-24)6-13(12)20/h4-8H,9,24H2,1-3H3. The van der Waals surface area contributed by atoms with Gasteiger partial charge in [0.2, 0.25) is 0 Å². The number of nitrogens with two attached hydrogens (primary N) is 1. The Morgan fingerprint density at radius 3 is 2.32 bits per heavy atom. The molecule has 2 aromatic carbocycles. The third kappa shape index (κ3) is 3.70. The van der Waals surface area contributed by atoms with E-state index in [2.05, 4.69) is 10.2 Å². The normalized spacial score (nSPS) is 11.7. The number of rotatable bonds is 5. The highest BCUT2D eigenvalue weighted by Crippen LogP contribution is 2.34. The molecule has 0 amide bonds. The molecular weight excluding hydrogens is 393 g/mol. The van der Waals surface area contributed by atoms with Crippen LogP contribution < -0.4 is 10.5 Å². The lowest BCUT2D eigenvalue weighted by Gasteiger charge is -2.26. The summed E-state index contributed by atoms with van der Waals surface area (Å²) in [7, 11) is 1.68. The van der Waals surface area contributed by atoms with E-state index < -0.39 is 28.8 Å². The van der Waals surface area contributed by atoms with E-state index in [4.69, 9.17) is 22.1 Å². The minimum atomic E-state index is -1.27. The van der Waals surface area contributed by atoms with Crippen LogP contribution in [-0.2, 0) is 19.2 Å². The Balaban J connectivity index is 1.99. The van der Waals surface area contributed by atoms with E-state index in [1.165, 1.54) is 0 Å². The van der Waals surface area contributed by atoms with Crippen LogP contribution in [-0.4, -0.2) is 14.8 Å². The molecule has 1 aromatic heterocycles. The van der Waals surface area contributed by atoms with E-state index in [9.17, 15) is 13.2 Å². The van der Waals surface area contributed by atoms with Crippen molar-refractivity contribution in [2.45, 2.75) is 26.0 Å². The van der Waals surface area contributed by atoms with Crippen LogP contribution in [0.4, 0.5) is 13.2 Å². The first-order valence-corrected chi connectivity index (χ1v) is 8.74. The van der Waals surface area contributed by atoms with E-state index in [1.807, 2.05) is 6.07 Å². The molecule has 148 valence electrons. The van der Waals surface area contributed by atoms with E-state index in [0.29, 0.717) is 40.9 Å². The number of halogens is 4. The van der Waals surface area contributed by atoms with Gasteiger partial charge in [-0.25, -0.2) is 13.2 Å². The molecule has 0 atom stereocenters. The van der Waals surface area contributed by atoms with Crippen molar-refractivity contribution in [2.24, 2.45) is 12.8 Å². The third-order valence-corrected chi connectivity index (χ3v) is 4.56. The van der Waals surface area contributed by atoms with Gasteiger partial charge in [0.15, 0.2) is 34.6 Å². The van der Waals surface area contributed by atoms with Gasteiger partial charge in [0, 0.05) is 31.3 Å². The number of benzene rings is 2. The molecule has 0 aliphatic heterocycles. The van der Waals surface area contributed by atoms with Gasteiger partial charge in [0.25, 0.3) is 0 Å². The molecular formula is C19H18ClF3N4O. The Morgan fingerprint density at radius 2 is 1.75 bits per heavy atom. The van der Waals surface area contributed by atoms with Crippen molar-refractivity contribution in [3.05, 3.63) is 64.2 Å². The number of aromatic nitrogens is 3. The molecule has 0 aliphatic rings. The van der Waals surface area contributed by atoms with Crippen LogP contribution in [0, 0.1) is 17.5 Å². The Labute approximate surface area is 164 Å². The van der Waals surface area contributed by atoms with Crippen molar-refractivity contribution in [1.82, 2.24) is 14.8 Å². The molecule has 28 heavy (non-hydrogen) atoms. The first-order chi connectivity index (χ1) is 13.1. The van der Waals surface area contributed by atoms with Gasteiger partial charge in [0.05, 0.1) is 5.02 Å². The molecule has 2 N–H and O–H groups in total. The second kappa shape index (κ2) is 7.44. The summed E-state index contributed by atoms with van der Waals surface area (Å²) < 4.78 is 48.2. The predicted octanol–water partition coefficient (Wildman–Crippen LogP) is 4.33. The van der Waals surface area contributed by atoms with Gasteiger partial charge in [0.1, 0.15) is 5.82 Å². The minimum absolute atomic E-state index is 0.296. The lowest BCUT2D eigenvalue weighted by atomic mass is 10.1. The summed E-state index contributed by atoms with van der Waals surface area (Å²) in [6.07, 6.45) is 0. The topological polar surface area (TPSA) is 66.0 Å². The smallest absolute Gasteiger partial charge is 0.192 e. The van der Waals surface area contributed by atoms with Crippen molar-refractivity contribution in [3.63, 3.8) is 0 Å². The van der Waals surface area contributed by atoms with Crippen LogP contribution in [0.3, 0.4) is 0 Å². The van der Waals surface area contributed by atoms with Crippen molar-refractivity contribution in [2.75, 3.05) is 0 Å². The van der Waals surface area contributed by atoms with Crippen LogP contribution in [0.15, 0.2) is 30.3 Å². The fourth-order valence-corrected chi connectivity index (χ4v) is 3.17. The highest BCUT2D eigenvalue weighted by Gasteiger charge is 2.32. The summed E-state index contributed by atoms with van der Waals surface area (Å²) in [6.45, 7) is 3.49. The fraction of sp³-hybridized carbons (Fsp3) is 0.263. The average molecular weight is 411 g/mol. The van der Waals surface area contributed by atoms with E-state index >= 15 is 0 Å². The van der Waals surface area contributed by atoms with E-state index in [0.717, 1.165) is 5.56 Å². The van der Waals surface area contributed by atoms with Crippen LogP contribution in [0.25, 0.3) is 11.4 Å². The zero-order valence-electron chi connectivity index (χ0n) is 15.4. The van der Waals surface area contributed by atoms with Gasteiger partial charge in [-0.15, -0.1) is 10.2 Å². The Kier molecular flexibility index (Phi) is 5.36. The summed E-state index contributed by atoms with van der Waals surface area (Å²) in [5.41, 5.74) is 5.82. The molecule has 0 aliphatic carbocycles. The first-order valence-electron chi connectivity index (χ1n) is 8.36. The number of hydrogen-bond donors (Lipinski definition) is 1. The highest BCUT2D eigenvalue weighted by molar-refractivity contribution is 6.33. The summed E-state index contributed by atoms with van der Waals surface area (Å²) in [6, 6.07) is 6.42. The SMILES string of the molecule is Cn1c(-c2ccc(CN)cc2Cl)nnc1C(C)(C)Oc1c(F)cc(F)cc1F. The van der Waals surface area contributed by atoms with E-state index in [1.54, 1.807) is 37.6 Å². The van der Waals surface area contributed by atoms with Gasteiger partial charge in [-0.2, -0.15) is 0 Å². The first kappa shape index (κ1) is 20.2. The van der Waals surface area contributed by atoms with Crippen molar-refractivity contribution < 1.29 is 17.9 Å². The Morgan fingerprint density at radius 1 is 1.11 bits per heavy atom. The molecule has 9 heteroatoms. The summed E-state index contributed by atoms with van der Waals surface area (Å²) in [4.78, 5) is 0. The lowest BCUT2D eigenvalue weighted by molar-refractivity contribution is 0.0833. The van der Waals surface area contributed by atoms with Gasteiger partial charge in [-0.05, 0) is 31.5 Å². The zero-order valence-corrected chi connectivity index (χ0v) is 16.2. The highest BCUT2D eigenvalue weighted by atomic mass is 35.5. The molecule has 0 spiro atoms. The molecule has 5 nitrogen and oxygen atoms in total. The second-order valence-electron chi connectivity index (χ2n) is 6.74. The largest absolute Gasteiger partial charge is 0.474 e. The van der Waals surface area contributed by atoms with Crippen LogP contribution in [0.1, 0.15) is 25.2 Å². The molecule has 3 rings (SSSR count). The predicted molar refractivity (Wildman–Crippen MR) is 99.3 cm³/mol. The maximum Gasteiger partial charge on any atom is 0.192 e. The maximum atomic E-state index is 14.0. The molecule has 0 radical (unpaired) electrons. The van der Waals surface area contributed by atoms with Gasteiger partial charge >= 0.3 is 0 Å². The third-order valence-electron chi connectivity index (χ3n) is 4.24. The molecule has 0 saturated heterocycles. The summed E-state index contributed by atoms with van der Waals surface area (Å²) in [5, 5.41) is 8.69. The van der Waals surface area contributed by atoms with Crippen LogP contribution in [0.2, 0.25) is 5.02 Å². The number of hydrogen-bond acceptors (Lipinski definition) is 4. The van der Waals surface area contributed by atoms with Crippen molar-refractivity contribution >= 4 is 11.6 Å². The Bertz CT molecular complexity index is 1010. The fourth-order valence-electron chi connectivity index (χ4n) is 2.88. The monoisotopic (exact) mass is 410 g/mol. The molecule has 0 fully saturated rings. The van der Waals surface area contributed by atoms with Crippen molar-refractivity contribution in [3.8, 4) is 17.1 Å². The van der Waals surface area contributed by atoms with Crippen LogP contribution in [0.5, 0.6) is 5.75 Å². The second-order valence-corrected chi connectivity index (χ2v) is 7.14. The van der Waals surface area contributed by atoms with Gasteiger partial charge in [-0.3, -0.25) is 0 Å². The quantitative estimate of drug-likeness (QED) is 0.680. The average Bonchev–Trinajstić information content (AvgIpc) is 3.00. The summed E-state index contributed by atoms with van der Waals surface area (Å²) in [5.74, 6) is -3.27.